The van der Waals surface area contributed by atoms with Crippen LogP contribution in [0.5, 0.6) is 0 Å². The van der Waals surface area contributed by atoms with Crippen molar-refractivity contribution in [3.05, 3.63) is 16.7 Å². The number of nitrogens with two attached hydrogens (primary N) is 1. The molecule has 2 aromatic heterocycles. The molecule has 0 bridgehead atoms. The Hall–Kier alpha value is -1.10. The van der Waals surface area contributed by atoms with Crippen LogP contribution in [0.25, 0.3) is 11.2 Å². The summed E-state index contributed by atoms with van der Waals surface area (Å²) in [5.74, 6) is -1.80. The number of nitrogen functional groups attached to an aromatic ring is 1. The predicted molar refractivity (Wildman–Crippen MR) is 112 cm³/mol. The molecule has 0 spiro atoms. The predicted octanol–water partition coefficient (Wildman–Crippen LogP) is -2.68. The van der Waals surface area contributed by atoms with Crippen LogP contribution in [-0.2, 0) is 41.6 Å². The van der Waals surface area contributed by atoms with E-state index in [0.717, 1.165) is 0 Å². The van der Waals surface area contributed by atoms with E-state index in [2.05, 4.69) is 26.1 Å². The molecule has 1 aliphatic rings. The summed E-state index contributed by atoms with van der Waals surface area (Å²) in [5, 5.41) is 20.8. The van der Waals surface area contributed by atoms with Crippen LogP contribution in [-0.4, -0.2) is 75.1 Å². The van der Waals surface area contributed by atoms with E-state index in [1.165, 1.54) is 22.5 Å². The Morgan fingerprint density at radius 3 is 2.55 bits per heavy atom. The van der Waals surface area contributed by atoms with Gasteiger partial charge in [0.25, 0.3) is 11.5 Å². The van der Waals surface area contributed by atoms with Gasteiger partial charge in [-0.05, 0) is 11.8 Å². The molecule has 0 saturated carbocycles. The first-order valence-electron chi connectivity index (χ1n) is 8.82. The third-order valence-electron chi connectivity index (χ3n) is 4.40. The van der Waals surface area contributed by atoms with Gasteiger partial charge >= 0.3 is 27.6 Å². The van der Waals surface area contributed by atoms with Crippen molar-refractivity contribution in [2.75, 3.05) is 18.2 Å². The van der Waals surface area contributed by atoms with Crippen molar-refractivity contribution in [1.82, 2.24) is 14.5 Å². The molecule has 2 unspecified atom stereocenters. The standard InChI is InChI=1S/C12H20N5O12P3S/c1-16-3-17(9-6(16)10(20)15-12(13)14-9)11-8(19)7(18)5(28-11)2-27-32(26,33)29-31(24,25)4-30(21,22)23/h3,5,7-8,11,18-19H,2,4H2,1H3,(H6-,13,14,15,20,21,22,23,24,25,26,33)/p+1/t5-,7-,8-,11-,32?/m1/s1. The van der Waals surface area contributed by atoms with Gasteiger partial charge in [0.1, 0.15) is 18.3 Å². The molecule has 2 aromatic rings. The van der Waals surface area contributed by atoms with Crippen LogP contribution in [0.15, 0.2) is 11.1 Å². The van der Waals surface area contributed by atoms with E-state index in [4.69, 9.17) is 24.8 Å². The lowest BCUT2D eigenvalue weighted by Crippen LogP contribution is -2.46. The van der Waals surface area contributed by atoms with E-state index in [-0.39, 0.29) is 17.1 Å². The summed E-state index contributed by atoms with van der Waals surface area (Å²) < 4.78 is 40.1. The van der Waals surface area contributed by atoms with Gasteiger partial charge in [0.2, 0.25) is 11.7 Å². The van der Waals surface area contributed by atoms with Crippen molar-refractivity contribution < 1.29 is 57.1 Å². The van der Waals surface area contributed by atoms with Crippen molar-refractivity contribution in [3.63, 3.8) is 0 Å². The average Bonchev–Trinajstić information content (AvgIpc) is 3.07. The molecular formula is C12H21N5O12P3S+. The number of fused-ring (bicyclic) bond motifs is 1. The van der Waals surface area contributed by atoms with Crippen molar-refractivity contribution in [3.8, 4) is 0 Å². The fourth-order valence-electron chi connectivity index (χ4n) is 3.16. The molecule has 0 amide bonds. The van der Waals surface area contributed by atoms with Gasteiger partial charge in [0.05, 0.1) is 13.7 Å². The molecule has 21 heteroatoms. The second-order valence-corrected chi connectivity index (χ2v) is 14.1. The number of hydrogen-bond acceptors (Lipinski definition) is 11. The van der Waals surface area contributed by atoms with Crippen LogP contribution in [0.4, 0.5) is 5.95 Å². The average molecular weight is 552 g/mol. The van der Waals surface area contributed by atoms with Crippen LogP contribution in [0.3, 0.4) is 0 Å². The van der Waals surface area contributed by atoms with Crippen LogP contribution < -0.4 is 15.9 Å². The van der Waals surface area contributed by atoms with Crippen LogP contribution >= 0.6 is 21.9 Å². The van der Waals surface area contributed by atoms with Gasteiger partial charge in [-0.2, -0.15) is 0 Å². The molecule has 0 aliphatic carbocycles. The van der Waals surface area contributed by atoms with E-state index in [1.54, 1.807) is 0 Å². The maximum absolute atomic E-state index is 12.1. The third-order valence-corrected chi connectivity index (χ3v) is 10.5. The second kappa shape index (κ2) is 9.17. The minimum atomic E-state index is -5.02. The number of aromatic nitrogens is 4. The summed E-state index contributed by atoms with van der Waals surface area (Å²) >= 11 is 4.57. The van der Waals surface area contributed by atoms with Gasteiger partial charge in [-0.25, -0.2) is 8.88 Å². The first-order valence-corrected chi connectivity index (χ1v) is 15.0. The third kappa shape index (κ3) is 6.13. The Bertz CT molecular complexity index is 1260. The van der Waals surface area contributed by atoms with Crippen molar-refractivity contribution >= 4 is 50.8 Å². The lowest BCUT2D eigenvalue weighted by atomic mass is 10.1. The topological polar surface area (TPSA) is 264 Å². The molecule has 9 N–H and O–H groups in total. The number of ether oxygens (including phenoxy) is 1. The Kier molecular flexibility index (Phi) is 7.36. The van der Waals surface area contributed by atoms with Crippen molar-refractivity contribution in [2.24, 2.45) is 7.05 Å². The van der Waals surface area contributed by atoms with Gasteiger partial charge < -0.3 is 44.8 Å². The fourth-order valence-corrected chi connectivity index (χ4v) is 8.63. The summed E-state index contributed by atoms with van der Waals surface area (Å²) in [6.07, 6.45) is -4.46. The quantitative estimate of drug-likeness (QED) is 0.123. The lowest BCUT2D eigenvalue weighted by Gasteiger charge is -2.21. The zero-order chi connectivity index (χ0) is 24.9. The molecule has 186 valence electrons. The van der Waals surface area contributed by atoms with Gasteiger partial charge in [0, 0.05) is 0 Å². The van der Waals surface area contributed by atoms with Gasteiger partial charge in [-0.3, -0.25) is 23.5 Å². The van der Waals surface area contributed by atoms with E-state index in [9.17, 15) is 33.9 Å². The Morgan fingerprint density at radius 2 is 1.94 bits per heavy atom. The Balaban J connectivity index is 1.76. The number of nitrogens with one attached hydrogen (secondary N) is 1. The molecule has 0 aromatic carbocycles. The van der Waals surface area contributed by atoms with Gasteiger partial charge in [-0.15, -0.1) is 0 Å². The highest BCUT2D eigenvalue weighted by molar-refractivity contribution is 8.08. The largest absolute Gasteiger partial charge is 0.387 e. The number of rotatable bonds is 8. The molecule has 1 saturated heterocycles. The number of hydrogen-bond donors (Lipinski definition) is 8. The Morgan fingerprint density at radius 1 is 1.30 bits per heavy atom. The van der Waals surface area contributed by atoms with E-state index >= 15 is 0 Å². The minimum absolute atomic E-state index is 0.0332. The molecule has 33 heavy (non-hydrogen) atoms. The number of imidazole rings is 1. The number of aliphatic hydroxyl groups excluding tert-OH is 2. The molecule has 1 fully saturated rings. The molecule has 3 heterocycles. The summed E-state index contributed by atoms with van der Waals surface area (Å²) in [5.41, 5.74) is 5.14. The molecular weight excluding hydrogens is 531 g/mol. The van der Waals surface area contributed by atoms with Gasteiger partial charge in [0.15, 0.2) is 12.2 Å². The fraction of sp³-hybridized carbons (Fsp3) is 0.583. The highest BCUT2D eigenvalue weighted by Crippen LogP contribution is 2.65. The number of nitrogens with zero attached hydrogens (tertiary/aromatic N) is 3. The van der Waals surface area contributed by atoms with Crippen LogP contribution in [0.2, 0.25) is 0 Å². The number of anilines is 1. The van der Waals surface area contributed by atoms with E-state index in [1.807, 2.05) is 0 Å². The van der Waals surface area contributed by atoms with Gasteiger partial charge in [-0.1, -0.05) is 4.98 Å². The number of H-pyrrole nitrogens is 1. The first kappa shape index (κ1) is 26.5. The van der Waals surface area contributed by atoms with Crippen molar-refractivity contribution in [2.45, 2.75) is 24.5 Å². The molecule has 17 nitrogen and oxygen atoms in total. The summed E-state index contributed by atoms with van der Waals surface area (Å²) in [6, 6.07) is 0. The maximum atomic E-state index is 12.1. The highest BCUT2D eigenvalue weighted by Gasteiger charge is 2.48. The number of aryl methyl sites for hydroxylation is 1. The second-order valence-electron chi connectivity index (χ2n) is 7.09. The lowest BCUT2D eigenvalue weighted by molar-refractivity contribution is -0.745. The number of aliphatic hydroxyl groups is 2. The molecule has 1 aliphatic heterocycles. The molecule has 3 rings (SSSR count). The summed E-state index contributed by atoms with van der Waals surface area (Å²) in [6.45, 7) is -5.26. The van der Waals surface area contributed by atoms with Crippen LogP contribution in [0.1, 0.15) is 6.23 Å². The SMILES string of the molecule is Cn1c[n+]([C@@H]2O[C@H](COP(O)(=S)OP(=O)(O)CP(=O)(O)O)[C@@H](O)[C@H]2O)c2nc(N)[nH]c(=O)c21. The monoisotopic (exact) mass is 552 g/mol. The molecule has 6 atom stereocenters. The number of aromatic amines is 1. The molecule has 0 radical (unpaired) electrons. The maximum Gasteiger partial charge on any atom is 0.347 e. The van der Waals surface area contributed by atoms with E-state index < -0.39 is 64.5 Å². The summed E-state index contributed by atoms with van der Waals surface area (Å²) in [4.78, 5) is 55.6. The van der Waals surface area contributed by atoms with E-state index in [0.29, 0.717) is 0 Å². The normalized spacial score (nSPS) is 27.5. The first-order chi connectivity index (χ1) is 15.0. The smallest absolute Gasteiger partial charge is 0.347 e. The summed E-state index contributed by atoms with van der Waals surface area (Å²) in [7, 11) is -8.48. The van der Waals surface area contributed by atoms with Crippen LogP contribution in [0, 0.1) is 0 Å². The minimum Gasteiger partial charge on any atom is -0.387 e. The van der Waals surface area contributed by atoms with Crippen molar-refractivity contribution in [1.29, 1.82) is 0 Å². The zero-order valence-corrected chi connectivity index (χ0v) is 20.1. The zero-order valence-electron chi connectivity index (χ0n) is 16.6. The highest BCUT2D eigenvalue weighted by atomic mass is 32.5. The Labute approximate surface area is 189 Å².